The van der Waals surface area contributed by atoms with Crippen molar-refractivity contribution in [1.82, 2.24) is 0 Å². The van der Waals surface area contributed by atoms with Gasteiger partial charge in [-0.2, -0.15) is 0 Å². The van der Waals surface area contributed by atoms with Crippen LogP contribution in [0.3, 0.4) is 0 Å². The Morgan fingerprint density at radius 2 is 2.18 bits per heavy atom. The molecule has 0 aromatic heterocycles. The number of hydrogen-bond acceptors (Lipinski definition) is 4. The minimum atomic E-state index is 0.367. The van der Waals surface area contributed by atoms with Crippen LogP contribution in [0.1, 0.15) is 12.8 Å². The van der Waals surface area contributed by atoms with E-state index < -0.39 is 0 Å². The van der Waals surface area contributed by atoms with Gasteiger partial charge in [-0.1, -0.05) is 0 Å². The van der Waals surface area contributed by atoms with E-state index in [1.54, 1.807) is 14.2 Å². The highest BCUT2D eigenvalue weighted by atomic mass is 16.5. The van der Waals surface area contributed by atoms with Gasteiger partial charge in [0.05, 0.1) is 26.5 Å². The van der Waals surface area contributed by atoms with Crippen molar-refractivity contribution in [1.29, 1.82) is 0 Å². The van der Waals surface area contributed by atoms with Gasteiger partial charge in [-0.15, -0.1) is 0 Å². The van der Waals surface area contributed by atoms with E-state index in [-0.39, 0.29) is 0 Å². The minimum Gasteiger partial charge on any atom is -0.497 e. The second-order valence-corrected chi connectivity index (χ2v) is 4.12. The molecule has 1 saturated heterocycles. The zero-order chi connectivity index (χ0) is 12.1. The Labute approximate surface area is 102 Å². The Balaban J connectivity index is 2.08. The highest BCUT2D eigenvalue weighted by Gasteiger charge is 2.15. The molecule has 0 amide bonds. The second-order valence-electron chi connectivity index (χ2n) is 4.12. The molecule has 1 aromatic rings. The first-order chi connectivity index (χ1) is 8.33. The average molecular weight is 237 g/mol. The summed E-state index contributed by atoms with van der Waals surface area (Å²) < 4.78 is 16.0. The molecule has 2 rings (SSSR count). The van der Waals surface area contributed by atoms with Crippen LogP contribution >= 0.6 is 0 Å². The fourth-order valence-electron chi connectivity index (χ4n) is 1.99. The monoisotopic (exact) mass is 237 g/mol. The summed E-state index contributed by atoms with van der Waals surface area (Å²) in [6.45, 7) is 1.63. The highest BCUT2D eigenvalue weighted by molar-refractivity contribution is 5.59. The molecule has 1 aromatic carbocycles. The maximum absolute atomic E-state index is 5.44. The van der Waals surface area contributed by atoms with Gasteiger partial charge in [-0.25, -0.2) is 0 Å². The summed E-state index contributed by atoms with van der Waals surface area (Å²) in [7, 11) is 3.31. The Hall–Kier alpha value is -1.42. The zero-order valence-electron chi connectivity index (χ0n) is 10.4. The Morgan fingerprint density at radius 1 is 1.29 bits per heavy atom. The minimum absolute atomic E-state index is 0.367. The molecule has 4 heteroatoms. The molecule has 1 aliphatic rings. The number of ether oxygens (including phenoxy) is 3. The van der Waals surface area contributed by atoms with E-state index >= 15 is 0 Å². The summed E-state index contributed by atoms with van der Waals surface area (Å²) in [4.78, 5) is 0. The van der Waals surface area contributed by atoms with E-state index in [2.05, 4.69) is 5.32 Å². The number of benzene rings is 1. The number of methoxy groups -OCH3 is 2. The third-order valence-electron chi connectivity index (χ3n) is 2.93. The van der Waals surface area contributed by atoms with Crippen molar-refractivity contribution < 1.29 is 14.2 Å². The second kappa shape index (κ2) is 5.77. The number of nitrogens with one attached hydrogen (secondary N) is 1. The highest BCUT2D eigenvalue weighted by Crippen LogP contribution is 2.30. The summed E-state index contributed by atoms with van der Waals surface area (Å²) in [6.07, 6.45) is 2.24. The number of anilines is 1. The molecule has 1 aliphatic heterocycles. The third kappa shape index (κ3) is 3.03. The summed E-state index contributed by atoms with van der Waals surface area (Å²) >= 11 is 0. The van der Waals surface area contributed by atoms with Gasteiger partial charge in [0.2, 0.25) is 0 Å². The van der Waals surface area contributed by atoms with Crippen LogP contribution in [0.5, 0.6) is 11.5 Å². The Kier molecular flexibility index (Phi) is 4.09. The van der Waals surface area contributed by atoms with Gasteiger partial charge >= 0.3 is 0 Å². The van der Waals surface area contributed by atoms with Gasteiger partial charge in [-0.3, -0.25) is 0 Å². The third-order valence-corrected chi connectivity index (χ3v) is 2.93. The van der Waals surface area contributed by atoms with Crippen LogP contribution in [-0.2, 0) is 4.74 Å². The van der Waals surface area contributed by atoms with Crippen LogP contribution in [0.25, 0.3) is 0 Å². The molecule has 0 saturated carbocycles. The summed E-state index contributed by atoms with van der Waals surface area (Å²) in [5.74, 6) is 1.60. The van der Waals surface area contributed by atoms with Crippen molar-refractivity contribution in [3.8, 4) is 11.5 Å². The van der Waals surface area contributed by atoms with Crippen LogP contribution in [0.4, 0.5) is 5.69 Å². The zero-order valence-corrected chi connectivity index (χ0v) is 10.4. The fraction of sp³-hybridized carbons (Fsp3) is 0.538. The molecule has 1 fully saturated rings. The fourth-order valence-corrected chi connectivity index (χ4v) is 1.99. The average Bonchev–Trinajstić information content (AvgIpc) is 2.40. The summed E-state index contributed by atoms with van der Waals surface area (Å²) in [6, 6.07) is 6.15. The molecule has 17 heavy (non-hydrogen) atoms. The molecule has 1 unspecified atom stereocenters. The lowest BCUT2D eigenvalue weighted by Gasteiger charge is -2.25. The lowest BCUT2D eigenvalue weighted by Crippen LogP contribution is -2.30. The Bertz CT molecular complexity index is 362. The van der Waals surface area contributed by atoms with E-state index in [1.165, 1.54) is 0 Å². The molecular weight excluding hydrogens is 218 g/mol. The van der Waals surface area contributed by atoms with Gasteiger partial charge in [-0.05, 0) is 25.0 Å². The molecular formula is C13H19NO3. The van der Waals surface area contributed by atoms with Crippen LogP contribution in [0, 0.1) is 0 Å². The largest absolute Gasteiger partial charge is 0.497 e. The molecule has 0 aliphatic carbocycles. The maximum Gasteiger partial charge on any atom is 0.145 e. The molecule has 1 atom stereocenters. The summed E-state index contributed by atoms with van der Waals surface area (Å²) in [5.41, 5.74) is 0.990. The van der Waals surface area contributed by atoms with E-state index in [4.69, 9.17) is 14.2 Å². The normalized spacial score (nSPS) is 19.8. The van der Waals surface area contributed by atoms with Gasteiger partial charge in [0.25, 0.3) is 0 Å². The molecule has 4 nitrogen and oxygen atoms in total. The SMILES string of the molecule is COc1ccc(NC2CCCOC2)c(OC)c1. The molecule has 1 N–H and O–H groups in total. The molecule has 0 spiro atoms. The molecule has 1 heterocycles. The summed E-state index contributed by atoms with van der Waals surface area (Å²) in [5, 5.41) is 3.45. The van der Waals surface area contributed by atoms with Gasteiger partial charge in [0.15, 0.2) is 0 Å². The van der Waals surface area contributed by atoms with Gasteiger partial charge in [0.1, 0.15) is 11.5 Å². The van der Waals surface area contributed by atoms with Crippen LogP contribution in [0.2, 0.25) is 0 Å². The Morgan fingerprint density at radius 3 is 2.82 bits per heavy atom. The first-order valence-corrected chi connectivity index (χ1v) is 5.90. The lowest BCUT2D eigenvalue weighted by molar-refractivity contribution is 0.0875. The van der Waals surface area contributed by atoms with Crippen molar-refractivity contribution in [3.05, 3.63) is 18.2 Å². The lowest BCUT2D eigenvalue weighted by atomic mass is 10.1. The van der Waals surface area contributed by atoms with Crippen molar-refractivity contribution in [3.63, 3.8) is 0 Å². The first-order valence-electron chi connectivity index (χ1n) is 5.90. The number of rotatable bonds is 4. The van der Waals surface area contributed by atoms with Crippen molar-refractivity contribution in [2.24, 2.45) is 0 Å². The predicted molar refractivity (Wildman–Crippen MR) is 67.0 cm³/mol. The molecule has 94 valence electrons. The smallest absolute Gasteiger partial charge is 0.145 e. The van der Waals surface area contributed by atoms with Crippen molar-refractivity contribution in [2.75, 3.05) is 32.8 Å². The predicted octanol–water partition coefficient (Wildman–Crippen LogP) is 2.29. The van der Waals surface area contributed by atoms with Crippen LogP contribution in [0.15, 0.2) is 18.2 Å². The molecule has 0 bridgehead atoms. The van der Waals surface area contributed by atoms with Gasteiger partial charge < -0.3 is 19.5 Å². The topological polar surface area (TPSA) is 39.7 Å². The quantitative estimate of drug-likeness (QED) is 0.872. The first kappa shape index (κ1) is 12.0. The van der Waals surface area contributed by atoms with E-state index in [9.17, 15) is 0 Å². The standard InChI is InChI=1S/C13H19NO3/c1-15-11-5-6-12(13(8-11)16-2)14-10-4-3-7-17-9-10/h5-6,8,10,14H,3-4,7,9H2,1-2H3. The molecule has 0 radical (unpaired) electrons. The van der Waals surface area contributed by atoms with Crippen molar-refractivity contribution in [2.45, 2.75) is 18.9 Å². The van der Waals surface area contributed by atoms with Crippen molar-refractivity contribution >= 4 is 5.69 Å². The van der Waals surface area contributed by atoms with Gasteiger partial charge in [0, 0.05) is 18.7 Å². The van der Waals surface area contributed by atoms with E-state index in [0.29, 0.717) is 6.04 Å². The van der Waals surface area contributed by atoms with E-state index in [0.717, 1.165) is 43.2 Å². The van der Waals surface area contributed by atoms with Crippen LogP contribution in [-0.4, -0.2) is 33.5 Å². The van der Waals surface area contributed by atoms with Crippen LogP contribution < -0.4 is 14.8 Å². The number of hydrogen-bond donors (Lipinski definition) is 1. The maximum atomic E-state index is 5.44. The van der Waals surface area contributed by atoms with E-state index in [1.807, 2.05) is 18.2 Å².